The second-order valence-corrected chi connectivity index (χ2v) is 5.55. The summed E-state index contributed by atoms with van der Waals surface area (Å²) >= 11 is 0. The van der Waals surface area contributed by atoms with Crippen LogP contribution in [0, 0.1) is 0 Å². The van der Waals surface area contributed by atoms with Crippen LogP contribution in [0.4, 0.5) is 11.4 Å². The first-order valence-corrected chi connectivity index (χ1v) is 7.95. The summed E-state index contributed by atoms with van der Waals surface area (Å²) in [5.41, 5.74) is 1.90. The van der Waals surface area contributed by atoms with Gasteiger partial charge in [-0.2, -0.15) is 0 Å². The molecule has 2 aliphatic rings. The lowest BCUT2D eigenvalue weighted by atomic mass is 10.2. The highest BCUT2D eigenvalue weighted by molar-refractivity contribution is 5.66. The Morgan fingerprint density at radius 3 is 1.48 bits per heavy atom. The minimum Gasteiger partial charge on any atom is -0.490 e. The second-order valence-electron chi connectivity index (χ2n) is 5.55. The number of anilines is 2. The van der Waals surface area contributed by atoms with E-state index in [0.29, 0.717) is 26.4 Å². The zero-order chi connectivity index (χ0) is 15.5. The fraction of sp³-hybridized carbons (Fsp3) is 0.333. The Hall–Kier alpha value is -2.56. The molecule has 2 heterocycles. The zero-order valence-electron chi connectivity index (χ0n) is 12.8. The van der Waals surface area contributed by atoms with Crippen LogP contribution in [-0.4, -0.2) is 26.4 Å². The van der Waals surface area contributed by atoms with E-state index in [-0.39, 0.29) is 0 Å². The van der Waals surface area contributed by atoms with E-state index in [1.807, 2.05) is 36.4 Å². The van der Waals surface area contributed by atoms with Gasteiger partial charge in [-0.05, 0) is 24.3 Å². The summed E-state index contributed by atoms with van der Waals surface area (Å²) in [5.74, 6) is 3.15. The fourth-order valence-electron chi connectivity index (χ4n) is 2.65. The summed E-state index contributed by atoms with van der Waals surface area (Å²) < 4.78 is 22.8. The van der Waals surface area contributed by atoms with Crippen molar-refractivity contribution < 1.29 is 18.9 Å². The molecule has 5 heteroatoms. The monoisotopic (exact) mass is 313 g/mol. The highest BCUT2D eigenvalue weighted by Crippen LogP contribution is 2.36. The Kier molecular flexibility index (Phi) is 3.84. The molecule has 0 radical (unpaired) electrons. The largest absolute Gasteiger partial charge is 0.490 e. The molecule has 0 fully saturated rings. The minimum absolute atomic E-state index is 0.681. The van der Waals surface area contributed by atoms with Crippen molar-refractivity contribution >= 4 is 11.4 Å². The van der Waals surface area contributed by atoms with Crippen LogP contribution in [0.2, 0.25) is 0 Å². The number of rotatable bonds is 2. The Morgan fingerprint density at radius 1 is 0.565 bits per heavy atom. The summed E-state index contributed by atoms with van der Waals surface area (Å²) in [4.78, 5) is 0. The Morgan fingerprint density at radius 2 is 1.00 bits per heavy atom. The number of hydrogen-bond donors (Lipinski definition) is 1. The number of nitrogens with one attached hydrogen (secondary N) is 1. The molecule has 0 aromatic heterocycles. The normalized spacial score (nSPS) is 16.2. The van der Waals surface area contributed by atoms with Gasteiger partial charge in [0.05, 0.1) is 26.4 Å². The zero-order valence-corrected chi connectivity index (χ0v) is 12.8. The summed E-state index contributed by atoms with van der Waals surface area (Å²) in [7, 11) is 0. The van der Waals surface area contributed by atoms with E-state index in [9.17, 15) is 0 Å². The van der Waals surface area contributed by atoms with Crippen LogP contribution in [0.3, 0.4) is 0 Å². The molecular formula is C18H19NO4. The summed E-state index contributed by atoms with van der Waals surface area (Å²) in [6.07, 6.45) is 1.80. The summed E-state index contributed by atoms with van der Waals surface area (Å²) in [5, 5.41) is 3.37. The molecule has 23 heavy (non-hydrogen) atoms. The molecule has 2 aromatic rings. The quantitative estimate of drug-likeness (QED) is 0.915. The van der Waals surface area contributed by atoms with Crippen LogP contribution < -0.4 is 24.3 Å². The first-order chi connectivity index (χ1) is 11.4. The average Bonchev–Trinajstić information content (AvgIpc) is 2.94. The highest BCUT2D eigenvalue weighted by atomic mass is 16.5. The van der Waals surface area contributed by atoms with E-state index >= 15 is 0 Å². The van der Waals surface area contributed by atoms with Crippen molar-refractivity contribution in [1.82, 2.24) is 0 Å². The maximum Gasteiger partial charge on any atom is 0.163 e. The van der Waals surface area contributed by atoms with Gasteiger partial charge < -0.3 is 24.3 Å². The summed E-state index contributed by atoms with van der Waals surface area (Å²) in [6, 6.07) is 11.8. The number of hydrogen-bond acceptors (Lipinski definition) is 5. The molecule has 4 rings (SSSR count). The minimum atomic E-state index is 0.681. The number of ether oxygens (including phenoxy) is 4. The smallest absolute Gasteiger partial charge is 0.163 e. The van der Waals surface area contributed by atoms with Gasteiger partial charge in [0.1, 0.15) is 0 Å². The lowest BCUT2D eigenvalue weighted by molar-refractivity contribution is 0.296. The molecule has 0 aliphatic carbocycles. The van der Waals surface area contributed by atoms with E-state index in [0.717, 1.165) is 47.2 Å². The van der Waals surface area contributed by atoms with E-state index in [4.69, 9.17) is 18.9 Å². The van der Waals surface area contributed by atoms with Gasteiger partial charge in [-0.25, -0.2) is 0 Å². The maximum absolute atomic E-state index is 5.72. The molecule has 0 saturated heterocycles. The lowest BCUT2D eigenvalue weighted by Crippen LogP contribution is -1.97. The predicted octanol–water partition coefficient (Wildman–Crippen LogP) is 3.75. The van der Waals surface area contributed by atoms with E-state index < -0.39 is 0 Å². The van der Waals surface area contributed by atoms with Crippen molar-refractivity contribution in [3.8, 4) is 23.0 Å². The third kappa shape index (κ3) is 3.13. The lowest BCUT2D eigenvalue weighted by Gasteiger charge is -2.13. The van der Waals surface area contributed by atoms with Gasteiger partial charge in [-0.3, -0.25) is 0 Å². The topological polar surface area (TPSA) is 49.0 Å². The Bertz CT molecular complexity index is 642. The molecule has 0 saturated carbocycles. The van der Waals surface area contributed by atoms with Crippen molar-refractivity contribution in [2.45, 2.75) is 12.8 Å². The van der Waals surface area contributed by atoms with Crippen LogP contribution in [0.25, 0.3) is 0 Å². The molecular weight excluding hydrogens is 294 g/mol. The summed E-state index contributed by atoms with van der Waals surface area (Å²) in [6.45, 7) is 2.75. The number of benzene rings is 2. The van der Waals surface area contributed by atoms with E-state index in [1.165, 1.54) is 0 Å². The van der Waals surface area contributed by atoms with E-state index in [2.05, 4.69) is 5.32 Å². The van der Waals surface area contributed by atoms with E-state index in [1.54, 1.807) is 0 Å². The first-order valence-electron chi connectivity index (χ1n) is 7.95. The average molecular weight is 313 g/mol. The Labute approximate surface area is 135 Å². The van der Waals surface area contributed by atoms with Crippen LogP contribution in [0.1, 0.15) is 12.8 Å². The van der Waals surface area contributed by atoms with Gasteiger partial charge in [0.25, 0.3) is 0 Å². The molecule has 0 unspecified atom stereocenters. The van der Waals surface area contributed by atoms with Crippen LogP contribution >= 0.6 is 0 Å². The molecule has 1 N–H and O–H groups in total. The molecule has 2 aromatic carbocycles. The molecule has 0 bridgehead atoms. The van der Waals surface area contributed by atoms with Crippen LogP contribution in [0.5, 0.6) is 23.0 Å². The van der Waals surface area contributed by atoms with Gasteiger partial charge in [-0.1, -0.05) is 0 Å². The SMILES string of the molecule is c1cc2c(cc1Nc1ccc3c(c1)OCCCO3)OCCCO2. The van der Waals surface area contributed by atoms with Gasteiger partial charge in [-0.15, -0.1) is 0 Å². The predicted molar refractivity (Wildman–Crippen MR) is 87.4 cm³/mol. The van der Waals surface area contributed by atoms with Crippen LogP contribution in [0.15, 0.2) is 36.4 Å². The van der Waals surface area contributed by atoms with Gasteiger partial charge in [0, 0.05) is 36.3 Å². The standard InChI is InChI=1S/C18H19NO4/c1-7-20-15-5-3-13(11-17(15)22-9-1)19-14-4-6-16-18(12-14)23-10-2-8-21-16/h3-6,11-12,19H,1-2,7-10H2. The third-order valence-electron chi connectivity index (χ3n) is 3.78. The molecule has 0 atom stereocenters. The molecule has 0 spiro atoms. The van der Waals surface area contributed by atoms with Crippen molar-refractivity contribution in [3.05, 3.63) is 36.4 Å². The van der Waals surface area contributed by atoms with Gasteiger partial charge in [0.2, 0.25) is 0 Å². The number of fused-ring (bicyclic) bond motifs is 2. The fourth-order valence-corrected chi connectivity index (χ4v) is 2.65. The van der Waals surface area contributed by atoms with Gasteiger partial charge in [0.15, 0.2) is 23.0 Å². The highest BCUT2D eigenvalue weighted by Gasteiger charge is 2.13. The van der Waals surface area contributed by atoms with Crippen molar-refractivity contribution in [3.63, 3.8) is 0 Å². The molecule has 2 aliphatic heterocycles. The first kappa shape index (κ1) is 14.1. The second kappa shape index (κ2) is 6.28. The maximum atomic E-state index is 5.72. The Balaban J connectivity index is 1.56. The molecule has 0 amide bonds. The van der Waals surface area contributed by atoms with Crippen molar-refractivity contribution in [1.29, 1.82) is 0 Å². The third-order valence-corrected chi connectivity index (χ3v) is 3.78. The molecule has 5 nitrogen and oxygen atoms in total. The molecule has 120 valence electrons. The van der Waals surface area contributed by atoms with Gasteiger partial charge >= 0.3 is 0 Å². The van der Waals surface area contributed by atoms with Crippen molar-refractivity contribution in [2.75, 3.05) is 31.7 Å². The van der Waals surface area contributed by atoms with Crippen molar-refractivity contribution in [2.24, 2.45) is 0 Å². The van der Waals surface area contributed by atoms with Crippen LogP contribution in [-0.2, 0) is 0 Å².